The minimum Gasteiger partial charge on any atom is -0.364 e. The lowest BCUT2D eigenvalue weighted by Gasteiger charge is -2.26. The summed E-state index contributed by atoms with van der Waals surface area (Å²) in [6, 6.07) is 24.6. The maximum atomic E-state index is 11.5. The highest BCUT2D eigenvalue weighted by atomic mass is 16.1. The van der Waals surface area contributed by atoms with E-state index in [0.29, 0.717) is 5.69 Å². The largest absolute Gasteiger partial charge is 0.364 e. The molecule has 0 saturated heterocycles. The molecule has 0 aliphatic carbocycles. The van der Waals surface area contributed by atoms with Gasteiger partial charge in [0, 0.05) is 22.6 Å². The SMILES string of the molecule is Cc1ccc(N(c2ccc(C)cc2)c2ccc(-c3n[nH]nc3C(N)=O)cc2)cc1. The average molecular weight is 383 g/mol. The number of H-pyrrole nitrogens is 1. The molecule has 0 fully saturated rings. The Morgan fingerprint density at radius 3 is 1.66 bits per heavy atom. The quantitative estimate of drug-likeness (QED) is 0.525. The second-order valence-corrected chi connectivity index (χ2v) is 6.94. The first-order chi connectivity index (χ1) is 14.0. The van der Waals surface area contributed by atoms with E-state index in [1.165, 1.54) is 11.1 Å². The molecule has 29 heavy (non-hydrogen) atoms. The van der Waals surface area contributed by atoms with Gasteiger partial charge in [0.25, 0.3) is 5.91 Å². The van der Waals surface area contributed by atoms with Crippen LogP contribution in [0.5, 0.6) is 0 Å². The Kier molecular flexibility index (Phi) is 4.83. The summed E-state index contributed by atoms with van der Waals surface area (Å²) < 4.78 is 0. The molecule has 0 aliphatic heterocycles. The third kappa shape index (κ3) is 3.73. The van der Waals surface area contributed by atoms with Crippen molar-refractivity contribution in [1.82, 2.24) is 15.4 Å². The van der Waals surface area contributed by atoms with Gasteiger partial charge in [0.1, 0.15) is 5.69 Å². The zero-order valence-corrected chi connectivity index (χ0v) is 16.3. The van der Waals surface area contributed by atoms with Gasteiger partial charge in [-0.2, -0.15) is 15.4 Å². The van der Waals surface area contributed by atoms with Crippen molar-refractivity contribution in [3.05, 3.63) is 89.6 Å². The first kappa shape index (κ1) is 18.4. The standard InChI is InChI=1S/C23H21N5O/c1-15-3-9-18(10-4-15)28(19-11-5-16(2)6-12-19)20-13-7-17(8-14-20)21-22(23(24)29)26-27-25-21/h3-14H,1-2H3,(H2,24,29)(H,25,26,27). The molecule has 6 nitrogen and oxygen atoms in total. The highest BCUT2D eigenvalue weighted by molar-refractivity contribution is 5.96. The van der Waals surface area contributed by atoms with Crippen molar-refractivity contribution in [2.75, 3.05) is 4.90 Å². The van der Waals surface area contributed by atoms with Crippen LogP contribution >= 0.6 is 0 Å². The molecule has 1 heterocycles. The second kappa shape index (κ2) is 7.59. The molecule has 4 aromatic rings. The van der Waals surface area contributed by atoms with Crippen LogP contribution in [0.3, 0.4) is 0 Å². The summed E-state index contributed by atoms with van der Waals surface area (Å²) >= 11 is 0. The van der Waals surface area contributed by atoms with E-state index in [9.17, 15) is 4.79 Å². The van der Waals surface area contributed by atoms with Crippen molar-refractivity contribution >= 4 is 23.0 Å². The molecule has 0 saturated carbocycles. The summed E-state index contributed by atoms with van der Waals surface area (Å²) in [5.41, 5.74) is 12.3. The van der Waals surface area contributed by atoms with E-state index < -0.39 is 5.91 Å². The van der Waals surface area contributed by atoms with Gasteiger partial charge in [0.05, 0.1) is 0 Å². The van der Waals surface area contributed by atoms with Crippen LogP contribution < -0.4 is 10.6 Å². The molecule has 0 unspecified atom stereocenters. The van der Waals surface area contributed by atoms with E-state index in [1.807, 2.05) is 24.3 Å². The minimum absolute atomic E-state index is 0.131. The lowest BCUT2D eigenvalue weighted by atomic mass is 10.1. The first-order valence-corrected chi connectivity index (χ1v) is 9.27. The number of nitrogens with one attached hydrogen (secondary N) is 1. The lowest BCUT2D eigenvalue weighted by Crippen LogP contribution is -2.13. The van der Waals surface area contributed by atoms with Crippen LogP contribution in [0.4, 0.5) is 17.1 Å². The van der Waals surface area contributed by atoms with Crippen molar-refractivity contribution < 1.29 is 4.79 Å². The fourth-order valence-electron chi connectivity index (χ4n) is 3.21. The van der Waals surface area contributed by atoms with Crippen LogP contribution in [0.15, 0.2) is 72.8 Å². The second-order valence-electron chi connectivity index (χ2n) is 6.94. The number of nitrogens with two attached hydrogens (primary N) is 1. The molecule has 0 aliphatic rings. The smallest absolute Gasteiger partial charge is 0.271 e. The zero-order valence-electron chi connectivity index (χ0n) is 16.3. The molecule has 4 rings (SSSR count). The number of aryl methyl sites for hydroxylation is 2. The van der Waals surface area contributed by atoms with Gasteiger partial charge in [0.15, 0.2) is 5.69 Å². The van der Waals surface area contributed by atoms with Crippen molar-refractivity contribution in [2.45, 2.75) is 13.8 Å². The highest BCUT2D eigenvalue weighted by Crippen LogP contribution is 2.35. The molecular formula is C23H21N5O. The van der Waals surface area contributed by atoms with Gasteiger partial charge < -0.3 is 10.6 Å². The van der Waals surface area contributed by atoms with Gasteiger partial charge >= 0.3 is 0 Å². The third-order valence-electron chi connectivity index (χ3n) is 4.76. The van der Waals surface area contributed by atoms with Crippen LogP contribution in [0, 0.1) is 13.8 Å². The topological polar surface area (TPSA) is 87.9 Å². The molecule has 3 aromatic carbocycles. The maximum absolute atomic E-state index is 11.5. The molecule has 1 amide bonds. The van der Waals surface area contributed by atoms with Crippen molar-refractivity contribution in [2.24, 2.45) is 5.73 Å². The van der Waals surface area contributed by atoms with Gasteiger partial charge in [-0.3, -0.25) is 4.79 Å². The molecule has 0 spiro atoms. The number of rotatable bonds is 5. The number of amides is 1. The van der Waals surface area contributed by atoms with Gasteiger partial charge in [-0.1, -0.05) is 47.5 Å². The Bertz CT molecular complexity index is 1080. The van der Waals surface area contributed by atoms with Crippen molar-refractivity contribution in [3.63, 3.8) is 0 Å². The van der Waals surface area contributed by atoms with Crippen LogP contribution in [-0.4, -0.2) is 21.3 Å². The Morgan fingerprint density at radius 2 is 1.21 bits per heavy atom. The number of aromatic amines is 1. The molecule has 3 N–H and O–H groups in total. The molecule has 6 heteroatoms. The summed E-state index contributed by atoms with van der Waals surface area (Å²) in [5, 5.41) is 10.4. The fourth-order valence-corrected chi connectivity index (χ4v) is 3.21. The van der Waals surface area contributed by atoms with Crippen LogP contribution in [-0.2, 0) is 0 Å². The number of carbonyl (C=O) groups excluding carboxylic acids is 1. The average Bonchev–Trinajstić information content (AvgIpc) is 3.22. The first-order valence-electron chi connectivity index (χ1n) is 9.27. The number of benzene rings is 3. The summed E-state index contributed by atoms with van der Waals surface area (Å²) in [5.74, 6) is -0.612. The molecule has 0 bridgehead atoms. The maximum Gasteiger partial charge on any atom is 0.271 e. The van der Waals surface area contributed by atoms with Crippen molar-refractivity contribution in [3.8, 4) is 11.3 Å². The van der Waals surface area contributed by atoms with Crippen molar-refractivity contribution in [1.29, 1.82) is 0 Å². The highest BCUT2D eigenvalue weighted by Gasteiger charge is 2.17. The lowest BCUT2D eigenvalue weighted by molar-refractivity contribution is 0.0996. The predicted molar refractivity (Wildman–Crippen MR) is 114 cm³/mol. The molecule has 144 valence electrons. The van der Waals surface area contributed by atoms with Gasteiger partial charge in [-0.15, -0.1) is 0 Å². The number of anilines is 3. The summed E-state index contributed by atoms with van der Waals surface area (Å²) in [7, 11) is 0. The van der Waals surface area contributed by atoms with E-state index in [1.54, 1.807) is 0 Å². The van der Waals surface area contributed by atoms with Crippen LogP contribution in [0.1, 0.15) is 21.6 Å². The predicted octanol–water partition coefficient (Wildman–Crippen LogP) is 4.66. The number of hydrogen-bond acceptors (Lipinski definition) is 4. The molecular weight excluding hydrogens is 362 g/mol. The van der Waals surface area contributed by atoms with Gasteiger partial charge in [0.2, 0.25) is 0 Å². The fraction of sp³-hybridized carbons (Fsp3) is 0.0870. The molecule has 0 atom stereocenters. The minimum atomic E-state index is -0.612. The van der Waals surface area contributed by atoms with E-state index >= 15 is 0 Å². The van der Waals surface area contributed by atoms with Crippen LogP contribution in [0.2, 0.25) is 0 Å². The molecule has 1 aromatic heterocycles. The number of carbonyl (C=O) groups is 1. The van der Waals surface area contributed by atoms with Crippen LogP contribution in [0.25, 0.3) is 11.3 Å². The number of aromatic nitrogens is 3. The summed E-state index contributed by atoms with van der Waals surface area (Å²) in [6.45, 7) is 4.14. The Balaban J connectivity index is 1.76. The zero-order chi connectivity index (χ0) is 20.4. The summed E-state index contributed by atoms with van der Waals surface area (Å²) in [4.78, 5) is 13.7. The Hall–Kier alpha value is -3.93. The third-order valence-corrected chi connectivity index (χ3v) is 4.76. The summed E-state index contributed by atoms with van der Waals surface area (Å²) in [6.07, 6.45) is 0. The molecule has 0 radical (unpaired) electrons. The monoisotopic (exact) mass is 383 g/mol. The number of primary amides is 1. The normalized spacial score (nSPS) is 10.7. The van der Waals surface area contributed by atoms with Gasteiger partial charge in [-0.25, -0.2) is 0 Å². The van der Waals surface area contributed by atoms with E-state index in [2.05, 4.69) is 82.7 Å². The number of nitrogens with zero attached hydrogens (tertiary/aromatic N) is 3. The van der Waals surface area contributed by atoms with E-state index in [0.717, 1.165) is 22.6 Å². The van der Waals surface area contributed by atoms with Gasteiger partial charge in [-0.05, 0) is 50.2 Å². The number of hydrogen-bond donors (Lipinski definition) is 2. The Morgan fingerprint density at radius 1 is 0.759 bits per heavy atom. The Labute approximate surface area is 169 Å². The van der Waals surface area contributed by atoms with E-state index in [4.69, 9.17) is 5.73 Å². The van der Waals surface area contributed by atoms with E-state index in [-0.39, 0.29) is 5.69 Å².